The number of carboxylic acid groups (broad SMARTS) is 1. The first-order valence-electron chi connectivity index (χ1n) is 12.0. The van der Waals surface area contributed by atoms with Crippen molar-refractivity contribution in [3.8, 4) is 11.5 Å². The number of rotatable bonds is 11. The standard InChI is InChI=1S/C26H24F3N3O7S2/c1-16-20(30-12-11-22(16)39-15-26(27,28)29)14-40(35)25-31-19-5-3-4-6-21(19)32(25)41(36,37)18-8-9-23(38-2)17(13-18)7-10-24(33)34/h3-6,8-9,11-13H,7,10,14-15H2,1-2H3,(H,33,34). The molecular weight excluding hydrogens is 587 g/mol. The summed E-state index contributed by atoms with van der Waals surface area (Å²) >= 11 is 0. The molecule has 1 N–H and O–H groups in total. The Kier molecular flexibility index (Phi) is 8.68. The second-order valence-corrected chi connectivity index (χ2v) is 11.9. The van der Waals surface area contributed by atoms with Crippen molar-refractivity contribution in [1.82, 2.24) is 13.9 Å². The van der Waals surface area contributed by atoms with Crippen LogP contribution in [0.25, 0.3) is 11.0 Å². The van der Waals surface area contributed by atoms with Crippen molar-refractivity contribution in [2.24, 2.45) is 0 Å². The first-order chi connectivity index (χ1) is 19.3. The van der Waals surface area contributed by atoms with Crippen LogP contribution in [-0.2, 0) is 37.8 Å². The molecule has 15 heteroatoms. The molecule has 0 aliphatic carbocycles. The van der Waals surface area contributed by atoms with Crippen LogP contribution in [0.4, 0.5) is 13.2 Å². The van der Waals surface area contributed by atoms with Gasteiger partial charge in [0.2, 0.25) is 5.16 Å². The average molecular weight is 612 g/mol. The summed E-state index contributed by atoms with van der Waals surface area (Å²) in [5.74, 6) is -1.23. The lowest BCUT2D eigenvalue weighted by Crippen LogP contribution is -2.20. The Bertz CT molecular complexity index is 1740. The van der Waals surface area contributed by atoms with Gasteiger partial charge in [0.1, 0.15) is 11.5 Å². The summed E-state index contributed by atoms with van der Waals surface area (Å²) in [5, 5.41) is 8.77. The zero-order valence-corrected chi connectivity index (χ0v) is 23.3. The highest BCUT2D eigenvalue weighted by Gasteiger charge is 2.30. The highest BCUT2D eigenvalue weighted by Crippen LogP contribution is 2.30. The number of halogens is 3. The van der Waals surface area contributed by atoms with Crippen LogP contribution in [0.15, 0.2) is 64.8 Å². The van der Waals surface area contributed by atoms with E-state index in [1.807, 2.05) is 0 Å². The van der Waals surface area contributed by atoms with Gasteiger partial charge in [-0.2, -0.15) is 13.2 Å². The summed E-state index contributed by atoms with van der Waals surface area (Å²) in [6.45, 7) is -0.0638. The normalized spacial score (nSPS) is 12.8. The van der Waals surface area contributed by atoms with Crippen LogP contribution in [0.1, 0.15) is 23.2 Å². The largest absolute Gasteiger partial charge is 0.496 e. The van der Waals surface area contributed by atoms with Crippen LogP contribution in [0.3, 0.4) is 0 Å². The first kappa shape index (κ1) is 30.0. The van der Waals surface area contributed by atoms with Gasteiger partial charge in [-0.3, -0.25) is 14.0 Å². The molecule has 0 aliphatic heterocycles. The Balaban J connectivity index is 1.76. The number of carbonyl (C=O) groups is 1. The van der Waals surface area contributed by atoms with Gasteiger partial charge in [0.15, 0.2) is 6.61 Å². The van der Waals surface area contributed by atoms with E-state index in [9.17, 15) is 30.6 Å². The van der Waals surface area contributed by atoms with Crippen LogP contribution >= 0.6 is 0 Å². The third kappa shape index (κ3) is 6.68. The number of hydrogen-bond donors (Lipinski definition) is 1. The molecule has 4 rings (SSSR count). The quantitative estimate of drug-likeness (QED) is 0.264. The van der Waals surface area contributed by atoms with E-state index in [4.69, 9.17) is 14.6 Å². The Hall–Kier alpha value is -3.98. The highest BCUT2D eigenvalue weighted by atomic mass is 32.2. The van der Waals surface area contributed by atoms with Gasteiger partial charge < -0.3 is 14.6 Å². The Morgan fingerprint density at radius 1 is 1.12 bits per heavy atom. The van der Waals surface area contributed by atoms with Crippen LogP contribution in [0.2, 0.25) is 0 Å². The Morgan fingerprint density at radius 2 is 1.85 bits per heavy atom. The number of aliphatic carboxylic acids is 1. The van der Waals surface area contributed by atoms with Gasteiger partial charge in [-0.1, -0.05) is 12.1 Å². The fraction of sp³-hybridized carbons (Fsp3) is 0.269. The molecule has 41 heavy (non-hydrogen) atoms. The number of fused-ring (bicyclic) bond motifs is 1. The van der Waals surface area contributed by atoms with Crippen molar-refractivity contribution in [3.63, 3.8) is 0 Å². The van der Waals surface area contributed by atoms with Crippen molar-refractivity contribution in [2.45, 2.75) is 41.7 Å². The lowest BCUT2D eigenvalue weighted by atomic mass is 10.1. The predicted molar refractivity (Wildman–Crippen MR) is 142 cm³/mol. The summed E-state index contributed by atoms with van der Waals surface area (Å²) in [5.41, 5.74) is 1.09. The summed E-state index contributed by atoms with van der Waals surface area (Å²) in [7, 11) is -5.19. The molecule has 0 aliphatic rings. The fourth-order valence-electron chi connectivity index (χ4n) is 4.02. The van der Waals surface area contributed by atoms with Gasteiger partial charge in [-0.15, -0.1) is 0 Å². The van der Waals surface area contributed by atoms with Crippen molar-refractivity contribution >= 4 is 37.8 Å². The second-order valence-electron chi connectivity index (χ2n) is 8.79. The number of carboxylic acids is 1. The Labute approximate surface area is 235 Å². The molecule has 4 aromatic rings. The minimum Gasteiger partial charge on any atom is -0.496 e. The fourth-order valence-corrected chi connectivity index (χ4v) is 7.12. The molecule has 0 amide bonds. The highest BCUT2D eigenvalue weighted by molar-refractivity contribution is 7.91. The zero-order chi connectivity index (χ0) is 29.9. The molecule has 2 aromatic carbocycles. The molecule has 10 nitrogen and oxygen atoms in total. The molecule has 0 saturated heterocycles. The van der Waals surface area contributed by atoms with Gasteiger partial charge in [0.25, 0.3) is 10.0 Å². The van der Waals surface area contributed by atoms with E-state index in [1.54, 1.807) is 18.2 Å². The molecule has 1 unspecified atom stereocenters. The summed E-state index contributed by atoms with van der Waals surface area (Å²) in [6.07, 6.45) is -3.61. The number of hydrogen-bond acceptors (Lipinski definition) is 8. The molecule has 0 fully saturated rings. The molecular formula is C26H24F3N3O7S2. The zero-order valence-electron chi connectivity index (χ0n) is 21.7. The average Bonchev–Trinajstić information content (AvgIpc) is 3.32. The number of ether oxygens (including phenoxy) is 2. The number of nitrogens with zero attached hydrogens (tertiary/aromatic N) is 3. The molecule has 0 spiro atoms. The number of alkyl halides is 3. The maximum Gasteiger partial charge on any atom is 0.422 e. The number of aryl methyl sites for hydroxylation is 1. The molecule has 218 valence electrons. The number of pyridine rings is 1. The van der Waals surface area contributed by atoms with Crippen molar-refractivity contribution < 1.29 is 45.2 Å². The molecule has 0 saturated carbocycles. The number of para-hydroxylation sites is 2. The monoisotopic (exact) mass is 611 g/mol. The lowest BCUT2D eigenvalue weighted by Gasteiger charge is -2.15. The van der Waals surface area contributed by atoms with Gasteiger partial charge in [-0.25, -0.2) is 17.4 Å². The van der Waals surface area contributed by atoms with Crippen LogP contribution in [-0.4, -0.2) is 57.5 Å². The van der Waals surface area contributed by atoms with Gasteiger partial charge in [0.05, 0.1) is 45.3 Å². The van der Waals surface area contributed by atoms with E-state index < -0.39 is 39.6 Å². The van der Waals surface area contributed by atoms with Gasteiger partial charge >= 0.3 is 12.1 Å². The molecule has 0 radical (unpaired) electrons. The third-order valence-electron chi connectivity index (χ3n) is 6.01. The number of methoxy groups -OCH3 is 1. The predicted octanol–water partition coefficient (Wildman–Crippen LogP) is 4.25. The third-order valence-corrected chi connectivity index (χ3v) is 9.04. The summed E-state index contributed by atoms with van der Waals surface area (Å²) in [6, 6.07) is 11.5. The van der Waals surface area contributed by atoms with E-state index in [0.717, 1.165) is 3.97 Å². The number of benzene rings is 2. The SMILES string of the molecule is COc1ccc(S(=O)(=O)n2c(S(=O)Cc3nccc(OCC(F)(F)F)c3C)nc3ccccc32)cc1CCC(=O)O. The minimum absolute atomic E-state index is 0.00300. The van der Waals surface area contributed by atoms with E-state index in [2.05, 4.69) is 9.97 Å². The molecule has 1 atom stereocenters. The summed E-state index contributed by atoms with van der Waals surface area (Å²) < 4.78 is 90.5. The minimum atomic E-state index is -4.56. The number of imidazole rings is 1. The van der Waals surface area contributed by atoms with Crippen LogP contribution in [0.5, 0.6) is 11.5 Å². The van der Waals surface area contributed by atoms with Crippen molar-refractivity contribution in [3.05, 3.63) is 71.5 Å². The number of aromatic nitrogens is 3. The van der Waals surface area contributed by atoms with Crippen molar-refractivity contribution in [2.75, 3.05) is 13.7 Å². The van der Waals surface area contributed by atoms with Gasteiger partial charge in [-0.05, 0) is 55.3 Å². The van der Waals surface area contributed by atoms with Gasteiger partial charge in [0, 0.05) is 18.2 Å². The molecule has 0 bridgehead atoms. The maximum atomic E-state index is 14.0. The maximum absolute atomic E-state index is 14.0. The van der Waals surface area contributed by atoms with E-state index in [0.29, 0.717) is 11.3 Å². The van der Waals surface area contributed by atoms with Crippen LogP contribution in [0, 0.1) is 6.92 Å². The Morgan fingerprint density at radius 3 is 2.54 bits per heavy atom. The first-order valence-corrected chi connectivity index (χ1v) is 14.7. The van der Waals surface area contributed by atoms with E-state index in [-0.39, 0.29) is 56.7 Å². The second kappa shape index (κ2) is 11.9. The van der Waals surface area contributed by atoms with E-state index >= 15 is 0 Å². The molecule has 2 heterocycles. The van der Waals surface area contributed by atoms with E-state index in [1.165, 1.54) is 50.6 Å². The molecule has 2 aromatic heterocycles. The smallest absolute Gasteiger partial charge is 0.422 e. The van der Waals surface area contributed by atoms with Crippen molar-refractivity contribution in [1.29, 1.82) is 0 Å². The van der Waals surface area contributed by atoms with Crippen LogP contribution < -0.4 is 9.47 Å². The topological polar surface area (TPSA) is 138 Å². The summed E-state index contributed by atoms with van der Waals surface area (Å²) in [4.78, 5) is 19.3. The lowest BCUT2D eigenvalue weighted by molar-refractivity contribution is -0.153.